The first kappa shape index (κ1) is 20.9. The van der Waals surface area contributed by atoms with Crippen LogP contribution in [-0.4, -0.2) is 32.6 Å². The maximum atomic E-state index is 12.2. The molecule has 2 aromatic carbocycles. The Kier molecular flexibility index (Phi) is 4.79. The third-order valence-electron chi connectivity index (χ3n) is 6.02. The van der Waals surface area contributed by atoms with E-state index in [1.165, 1.54) is 0 Å². The number of aromatic nitrogens is 4. The van der Waals surface area contributed by atoms with E-state index in [1.807, 2.05) is 57.2 Å². The Labute approximate surface area is 191 Å². The van der Waals surface area contributed by atoms with Gasteiger partial charge in [0.1, 0.15) is 11.4 Å². The van der Waals surface area contributed by atoms with Crippen molar-refractivity contribution in [1.82, 2.24) is 19.6 Å². The highest BCUT2D eigenvalue weighted by Gasteiger charge is 2.38. The lowest BCUT2D eigenvalue weighted by atomic mass is 9.86. The molecule has 9 nitrogen and oxygen atoms in total. The lowest BCUT2D eigenvalue weighted by Crippen LogP contribution is -2.26. The summed E-state index contributed by atoms with van der Waals surface area (Å²) in [6.07, 6.45) is 3.41. The zero-order chi connectivity index (χ0) is 23.3. The molecule has 1 aliphatic rings. The van der Waals surface area contributed by atoms with Crippen LogP contribution >= 0.6 is 0 Å². The SMILES string of the molecule is COc1ccc(C(C)N)cc1-c1nccn2nc(Nc3ccc4c(c3)NC(=O)C4(C)C)nc12. The molecule has 1 amide bonds. The molecule has 4 aromatic rings. The van der Waals surface area contributed by atoms with Crippen LogP contribution in [0, 0.1) is 0 Å². The summed E-state index contributed by atoms with van der Waals surface area (Å²) >= 11 is 0. The van der Waals surface area contributed by atoms with Crippen molar-refractivity contribution in [2.75, 3.05) is 17.7 Å². The van der Waals surface area contributed by atoms with Crippen LogP contribution in [0.4, 0.5) is 17.3 Å². The van der Waals surface area contributed by atoms with Crippen molar-refractivity contribution >= 4 is 28.9 Å². The van der Waals surface area contributed by atoms with Crippen LogP contribution in [0.15, 0.2) is 48.8 Å². The van der Waals surface area contributed by atoms with Gasteiger partial charge in [-0.1, -0.05) is 12.1 Å². The van der Waals surface area contributed by atoms with Crippen molar-refractivity contribution in [3.05, 3.63) is 59.9 Å². The van der Waals surface area contributed by atoms with Gasteiger partial charge in [0.2, 0.25) is 11.9 Å². The van der Waals surface area contributed by atoms with Gasteiger partial charge in [-0.3, -0.25) is 9.78 Å². The number of carbonyl (C=O) groups is 1. The van der Waals surface area contributed by atoms with Crippen molar-refractivity contribution in [2.24, 2.45) is 5.73 Å². The van der Waals surface area contributed by atoms with Gasteiger partial charge in [-0.2, -0.15) is 4.98 Å². The number of benzene rings is 2. The van der Waals surface area contributed by atoms with Gasteiger partial charge in [0.05, 0.1) is 12.5 Å². The van der Waals surface area contributed by atoms with E-state index >= 15 is 0 Å². The highest BCUT2D eigenvalue weighted by molar-refractivity contribution is 6.06. The van der Waals surface area contributed by atoms with E-state index in [-0.39, 0.29) is 11.9 Å². The van der Waals surface area contributed by atoms with Crippen LogP contribution in [-0.2, 0) is 10.2 Å². The molecule has 0 saturated carbocycles. The second-order valence-corrected chi connectivity index (χ2v) is 8.69. The second kappa shape index (κ2) is 7.56. The van der Waals surface area contributed by atoms with Crippen molar-refractivity contribution in [3.8, 4) is 17.0 Å². The molecule has 9 heteroatoms. The third kappa shape index (κ3) is 3.46. The number of carbonyl (C=O) groups excluding carboxylic acids is 1. The second-order valence-electron chi connectivity index (χ2n) is 8.69. The first-order valence-electron chi connectivity index (χ1n) is 10.7. The first-order valence-corrected chi connectivity index (χ1v) is 10.7. The molecule has 0 radical (unpaired) electrons. The predicted molar refractivity (Wildman–Crippen MR) is 127 cm³/mol. The van der Waals surface area contributed by atoms with E-state index in [9.17, 15) is 4.79 Å². The summed E-state index contributed by atoms with van der Waals surface area (Å²) in [4.78, 5) is 21.5. The van der Waals surface area contributed by atoms with Gasteiger partial charge < -0.3 is 21.1 Å². The molecule has 168 valence electrons. The minimum atomic E-state index is -0.551. The van der Waals surface area contributed by atoms with Gasteiger partial charge in [0.15, 0.2) is 5.65 Å². The van der Waals surface area contributed by atoms with Gasteiger partial charge in [0, 0.05) is 35.4 Å². The fourth-order valence-electron chi connectivity index (χ4n) is 4.05. The number of hydrogen-bond donors (Lipinski definition) is 3. The molecular formula is C24H25N7O2. The quantitative estimate of drug-likeness (QED) is 0.429. The van der Waals surface area contributed by atoms with Gasteiger partial charge >= 0.3 is 0 Å². The minimum absolute atomic E-state index is 0.0146. The Morgan fingerprint density at radius 3 is 2.79 bits per heavy atom. The molecule has 4 N–H and O–H groups in total. The Morgan fingerprint density at radius 1 is 1.21 bits per heavy atom. The molecule has 1 atom stereocenters. The van der Waals surface area contributed by atoms with Crippen molar-refractivity contribution < 1.29 is 9.53 Å². The molecule has 1 unspecified atom stereocenters. The maximum Gasteiger partial charge on any atom is 0.247 e. The van der Waals surface area contributed by atoms with Gasteiger partial charge in [-0.05, 0) is 56.2 Å². The van der Waals surface area contributed by atoms with E-state index in [0.717, 1.165) is 28.1 Å². The number of ether oxygens (including phenoxy) is 1. The smallest absolute Gasteiger partial charge is 0.247 e. The van der Waals surface area contributed by atoms with Crippen LogP contribution in [0.2, 0.25) is 0 Å². The Balaban J connectivity index is 1.53. The number of hydrogen-bond acceptors (Lipinski definition) is 7. The zero-order valence-corrected chi connectivity index (χ0v) is 18.9. The number of methoxy groups -OCH3 is 1. The summed E-state index contributed by atoms with van der Waals surface area (Å²) in [6.45, 7) is 5.75. The van der Waals surface area contributed by atoms with Crippen LogP contribution < -0.4 is 21.1 Å². The van der Waals surface area contributed by atoms with E-state index in [0.29, 0.717) is 23.0 Å². The molecule has 0 fully saturated rings. The molecular weight excluding hydrogens is 418 g/mol. The number of nitrogens with zero attached hydrogens (tertiary/aromatic N) is 4. The molecule has 2 aromatic heterocycles. The summed E-state index contributed by atoms with van der Waals surface area (Å²) in [5, 5.41) is 10.7. The Morgan fingerprint density at radius 2 is 2.03 bits per heavy atom. The summed E-state index contributed by atoms with van der Waals surface area (Å²) in [5.74, 6) is 1.07. The molecule has 0 aliphatic carbocycles. The molecule has 0 saturated heterocycles. The fraction of sp³-hybridized carbons (Fsp3) is 0.250. The van der Waals surface area contributed by atoms with Crippen molar-refractivity contribution in [2.45, 2.75) is 32.2 Å². The first-order chi connectivity index (χ1) is 15.8. The molecule has 33 heavy (non-hydrogen) atoms. The average molecular weight is 444 g/mol. The van der Waals surface area contributed by atoms with E-state index in [2.05, 4.69) is 25.7 Å². The standard InChI is InChI=1S/C24H25N7O2/c1-13(25)14-5-8-19(33-4)16(11-14)20-21-29-23(30-31(21)10-9-26-20)27-15-6-7-17-18(12-15)28-22(32)24(17,2)3/h5-13H,25H2,1-4H3,(H,27,30)(H,28,32). The zero-order valence-electron chi connectivity index (χ0n) is 18.9. The van der Waals surface area contributed by atoms with Crippen LogP contribution in [0.25, 0.3) is 16.9 Å². The largest absolute Gasteiger partial charge is 0.496 e. The number of nitrogens with one attached hydrogen (secondary N) is 2. The monoisotopic (exact) mass is 443 g/mol. The van der Waals surface area contributed by atoms with Crippen LogP contribution in [0.1, 0.15) is 37.9 Å². The predicted octanol–water partition coefficient (Wildman–Crippen LogP) is 3.79. The van der Waals surface area contributed by atoms with Crippen molar-refractivity contribution in [3.63, 3.8) is 0 Å². The van der Waals surface area contributed by atoms with E-state index in [4.69, 9.17) is 10.5 Å². The summed E-state index contributed by atoms with van der Waals surface area (Å²) in [6, 6.07) is 11.4. The number of nitrogens with two attached hydrogens (primary N) is 1. The van der Waals surface area contributed by atoms with Crippen LogP contribution in [0.5, 0.6) is 5.75 Å². The molecule has 3 heterocycles. The lowest BCUT2D eigenvalue weighted by Gasteiger charge is -2.14. The van der Waals surface area contributed by atoms with Gasteiger partial charge in [0.25, 0.3) is 0 Å². The Bertz CT molecular complexity index is 1390. The van der Waals surface area contributed by atoms with Gasteiger partial charge in [-0.25, -0.2) is 4.52 Å². The maximum absolute atomic E-state index is 12.2. The third-order valence-corrected chi connectivity index (χ3v) is 6.02. The van der Waals surface area contributed by atoms with Gasteiger partial charge in [-0.15, -0.1) is 5.10 Å². The number of amides is 1. The molecule has 1 aliphatic heterocycles. The Hall–Kier alpha value is -3.98. The summed E-state index contributed by atoms with van der Waals surface area (Å²) in [5.41, 5.74) is 11.0. The number of fused-ring (bicyclic) bond motifs is 2. The average Bonchev–Trinajstić information content (AvgIpc) is 3.30. The van der Waals surface area contributed by atoms with Crippen molar-refractivity contribution in [1.29, 1.82) is 0 Å². The highest BCUT2D eigenvalue weighted by Crippen LogP contribution is 2.39. The molecule has 5 rings (SSSR count). The topological polar surface area (TPSA) is 119 Å². The highest BCUT2D eigenvalue weighted by atomic mass is 16.5. The lowest BCUT2D eigenvalue weighted by molar-refractivity contribution is -0.119. The number of anilines is 3. The summed E-state index contributed by atoms with van der Waals surface area (Å²) in [7, 11) is 1.62. The molecule has 0 bridgehead atoms. The summed E-state index contributed by atoms with van der Waals surface area (Å²) < 4.78 is 7.23. The number of rotatable bonds is 5. The van der Waals surface area contributed by atoms with E-state index in [1.54, 1.807) is 24.0 Å². The minimum Gasteiger partial charge on any atom is -0.496 e. The fourth-order valence-corrected chi connectivity index (χ4v) is 4.05. The van der Waals surface area contributed by atoms with Crippen LogP contribution in [0.3, 0.4) is 0 Å². The molecule has 0 spiro atoms. The normalized spacial score (nSPS) is 15.2. The van der Waals surface area contributed by atoms with E-state index < -0.39 is 5.41 Å².